The molecule has 0 aromatic rings. The molecular weight excluding hydrogens is 237 g/mol. The Hall–Kier alpha value is -0.175. The minimum Gasteiger partial charge on any atom is -0.382 e. The van der Waals surface area contributed by atoms with Crippen molar-refractivity contribution in [2.75, 3.05) is 41.1 Å². The molecule has 0 aromatic carbocycles. The van der Waals surface area contributed by atoms with Gasteiger partial charge in [-0.25, -0.2) is 0 Å². The smallest absolute Gasteiger partial charge is 0.113 e. The minimum absolute atomic E-state index is 0.156. The van der Waals surface area contributed by atoms with Crippen molar-refractivity contribution in [2.24, 2.45) is 5.73 Å². The average Bonchev–Trinajstić information content (AvgIpc) is 2.67. The van der Waals surface area contributed by atoms with E-state index in [1.165, 1.54) is 0 Å². The van der Waals surface area contributed by atoms with Crippen LogP contribution in [0.1, 0.15) is 0 Å². The van der Waals surface area contributed by atoms with Crippen LogP contribution < -0.4 is 5.73 Å². The van der Waals surface area contributed by atoms with E-state index >= 15 is 0 Å². The lowest BCUT2D eigenvalue weighted by Gasteiger charge is -2.24. The van der Waals surface area contributed by atoms with Gasteiger partial charge in [0.2, 0.25) is 0 Å². The van der Waals surface area contributed by atoms with Gasteiger partial charge >= 0.3 is 0 Å². The second kappa shape index (κ2) is 8.09. The molecule has 2 N–H and O–H groups in total. The van der Waals surface area contributed by atoms with Crippen molar-refractivity contribution < 1.29 is 23.7 Å². The van der Waals surface area contributed by atoms with Gasteiger partial charge < -0.3 is 29.4 Å². The zero-order valence-corrected chi connectivity index (χ0v) is 11.2. The highest BCUT2D eigenvalue weighted by atomic mass is 16.6. The molecular formula is C11H22BNO5. The van der Waals surface area contributed by atoms with Crippen molar-refractivity contribution in [3.8, 4) is 0 Å². The fourth-order valence-corrected chi connectivity index (χ4v) is 1.98. The van der Waals surface area contributed by atoms with E-state index in [1.54, 1.807) is 21.3 Å². The number of hydrogen-bond acceptors (Lipinski definition) is 6. The maximum Gasteiger partial charge on any atom is 0.113 e. The van der Waals surface area contributed by atoms with Crippen LogP contribution in [0, 0.1) is 0 Å². The molecule has 0 spiro atoms. The average molecular weight is 259 g/mol. The number of rotatable bonds is 8. The van der Waals surface area contributed by atoms with E-state index < -0.39 is 6.00 Å². The molecule has 1 aliphatic heterocycles. The Kier molecular flexibility index (Phi) is 7.14. The molecule has 1 aliphatic rings. The first-order valence-electron chi connectivity index (χ1n) is 5.95. The highest BCUT2D eigenvalue weighted by molar-refractivity contribution is 6.11. The monoisotopic (exact) mass is 259 g/mol. The second-order valence-electron chi connectivity index (χ2n) is 4.19. The van der Waals surface area contributed by atoms with E-state index in [4.69, 9.17) is 37.3 Å². The van der Waals surface area contributed by atoms with Crippen LogP contribution >= 0.6 is 0 Å². The van der Waals surface area contributed by atoms with Crippen LogP contribution in [-0.2, 0) is 23.7 Å². The summed E-state index contributed by atoms with van der Waals surface area (Å²) < 4.78 is 26.8. The Bertz CT molecular complexity index is 229. The van der Waals surface area contributed by atoms with Crippen molar-refractivity contribution in [3.05, 3.63) is 0 Å². The van der Waals surface area contributed by atoms with E-state index in [9.17, 15) is 0 Å². The van der Waals surface area contributed by atoms with Gasteiger partial charge in [0.25, 0.3) is 0 Å². The molecule has 5 atom stereocenters. The third-order valence-electron chi connectivity index (χ3n) is 3.02. The highest BCUT2D eigenvalue weighted by Crippen LogP contribution is 2.25. The summed E-state index contributed by atoms with van der Waals surface area (Å²) in [5.41, 5.74) is 5.53. The number of nitrogens with two attached hydrogens (primary N) is 1. The summed E-state index contributed by atoms with van der Waals surface area (Å²) in [6, 6.07) is -0.537. The molecule has 18 heavy (non-hydrogen) atoms. The topological polar surface area (TPSA) is 72.2 Å². The molecule has 0 amide bonds. The zero-order valence-electron chi connectivity index (χ0n) is 11.2. The van der Waals surface area contributed by atoms with Crippen LogP contribution in [0.2, 0.25) is 0 Å². The molecule has 2 unspecified atom stereocenters. The Morgan fingerprint density at radius 1 is 1.28 bits per heavy atom. The van der Waals surface area contributed by atoms with E-state index in [0.29, 0.717) is 19.8 Å². The van der Waals surface area contributed by atoms with Gasteiger partial charge in [-0.05, 0) is 0 Å². The Morgan fingerprint density at radius 3 is 2.50 bits per heavy atom. The maximum absolute atomic E-state index is 5.88. The van der Waals surface area contributed by atoms with Gasteiger partial charge in [-0.3, -0.25) is 0 Å². The molecule has 104 valence electrons. The summed E-state index contributed by atoms with van der Waals surface area (Å²) in [6.45, 7) is 1.16. The van der Waals surface area contributed by atoms with Crippen LogP contribution in [0.5, 0.6) is 0 Å². The summed E-state index contributed by atoms with van der Waals surface area (Å²) in [6.07, 6.45) is -0.982. The third-order valence-corrected chi connectivity index (χ3v) is 3.02. The predicted molar refractivity (Wildman–Crippen MR) is 66.7 cm³/mol. The van der Waals surface area contributed by atoms with Crippen LogP contribution in [0.3, 0.4) is 0 Å². The van der Waals surface area contributed by atoms with E-state index in [-0.39, 0.29) is 24.4 Å². The Morgan fingerprint density at radius 2 is 2.00 bits per heavy atom. The summed E-state index contributed by atoms with van der Waals surface area (Å²) in [5.74, 6) is 0. The van der Waals surface area contributed by atoms with E-state index in [0.717, 1.165) is 0 Å². The van der Waals surface area contributed by atoms with Gasteiger partial charge in [-0.1, -0.05) is 0 Å². The summed E-state index contributed by atoms with van der Waals surface area (Å²) >= 11 is 0. The molecule has 0 aromatic heterocycles. The second-order valence-corrected chi connectivity index (χ2v) is 4.19. The molecule has 1 rings (SSSR count). The molecule has 0 aliphatic carbocycles. The van der Waals surface area contributed by atoms with Gasteiger partial charge in [0.05, 0.1) is 19.3 Å². The molecule has 6 nitrogen and oxygen atoms in total. The van der Waals surface area contributed by atoms with Gasteiger partial charge in [0.1, 0.15) is 26.2 Å². The van der Waals surface area contributed by atoms with Crippen molar-refractivity contribution in [3.63, 3.8) is 0 Å². The lowest BCUT2D eigenvalue weighted by molar-refractivity contribution is -0.0772. The molecule has 0 bridgehead atoms. The summed E-state index contributed by atoms with van der Waals surface area (Å²) in [7, 11) is 10.7. The van der Waals surface area contributed by atoms with Crippen LogP contribution in [0.15, 0.2) is 0 Å². The normalized spacial score (nSPS) is 33.8. The minimum atomic E-state index is -0.537. The van der Waals surface area contributed by atoms with Crippen LogP contribution in [-0.4, -0.2) is 79.4 Å². The SMILES string of the molecule is [B][C@@H]1O[C@H](COC)[C@H](OC)C1OCC(CN)OC. The Labute approximate surface area is 109 Å². The van der Waals surface area contributed by atoms with Crippen molar-refractivity contribution in [2.45, 2.75) is 30.4 Å². The van der Waals surface area contributed by atoms with E-state index in [1.807, 2.05) is 0 Å². The van der Waals surface area contributed by atoms with Gasteiger partial charge in [0, 0.05) is 33.9 Å². The van der Waals surface area contributed by atoms with Crippen LogP contribution in [0.25, 0.3) is 0 Å². The molecule has 1 saturated heterocycles. The fraction of sp³-hybridized carbons (Fsp3) is 1.00. The van der Waals surface area contributed by atoms with Gasteiger partial charge in [-0.15, -0.1) is 0 Å². The zero-order chi connectivity index (χ0) is 13.5. The maximum atomic E-state index is 5.88. The first-order valence-corrected chi connectivity index (χ1v) is 5.95. The first-order chi connectivity index (χ1) is 8.67. The first kappa shape index (κ1) is 15.9. The predicted octanol–water partition coefficient (Wildman–Crippen LogP) is -1.10. The highest BCUT2D eigenvalue weighted by Gasteiger charge is 2.43. The largest absolute Gasteiger partial charge is 0.382 e. The fourth-order valence-electron chi connectivity index (χ4n) is 1.98. The molecule has 1 heterocycles. The standard InChI is InChI=1S/C11H22BNO5/c1-14-6-8-9(16-3)10(11(12)18-8)17-5-7(4-13)15-2/h7-11H,4-6,13H2,1-3H3/t7?,8-,9+,10?,11-/m1/s1. The quantitative estimate of drug-likeness (QED) is 0.558. The summed E-state index contributed by atoms with van der Waals surface area (Å²) in [4.78, 5) is 0. The van der Waals surface area contributed by atoms with Gasteiger partial charge in [-0.2, -0.15) is 0 Å². The Balaban J connectivity index is 2.51. The lowest BCUT2D eigenvalue weighted by atomic mass is 9.92. The molecule has 7 heteroatoms. The molecule has 2 radical (unpaired) electrons. The lowest BCUT2D eigenvalue weighted by Crippen LogP contribution is -2.41. The van der Waals surface area contributed by atoms with Crippen molar-refractivity contribution in [1.82, 2.24) is 0 Å². The molecule has 1 fully saturated rings. The third kappa shape index (κ3) is 3.91. The molecule has 0 saturated carbocycles. The van der Waals surface area contributed by atoms with E-state index in [2.05, 4.69) is 0 Å². The van der Waals surface area contributed by atoms with Crippen molar-refractivity contribution in [1.29, 1.82) is 0 Å². The van der Waals surface area contributed by atoms with Crippen LogP contribution in [0.4, 0.5) is 0 Å². The summed E-state index contributed by atoms with van der Waals surface area (Å²) in [5, 5.41) is 0. The van der Waals surface area contributed by atoms with Gasteiger partial charge in [0.15, 0.2) is 0 Å². The number of methoxy groups -OCH3 is 3. The number of ether oxygens (including phenoxy) is 5. The number of hydrogen-bond donors (Lipinski definition) is 1. The van der Waals surface area contributed by atoms with Crippen molar-refractivity contribution >= 4 is 7.85 Å².